The van der Waals surface area contributed by atoms with Gasteiger partial charge in [0.15, 0.2) is 5.13 Å². The zero-order valence-corrected chi connectivity index (χ0v) is 4.33. The van der Waals surface area contributed by atoms with Gasteiger partial charge in [-0.15, -0.1) is 11.3 Å². The SMILES string of the molecule is [2H]C([2H])([2H])c1csc(N)n1. The van der Waals surface area contributed by atoms with Crippen LogP contribution in [0.25, 0.3) is 0 Å². The summed E-state index contributed by atoms with van der Waals surface area (Å²) in [5, 5.41) is 1.74. The molecule has 0 aliphatic heterocycles. The number of nitrogens with two attached hydrogens (primary N) is 1. The van der Waals surface area contributed by atoms with Crippen LogP contribution in [-0.2, 0) is 0 Å². The standard InChI is InChI=1S/C4H6N2S/c1-3-2-7-4(5)6-3/h2H,1H3,(H2,5,6)/i1D3. The number of anilines is 1. The molecule has 1 heterocycles. The van der Waals surface area contributed by atoms with Gasteiger partial charge in [0, 0.05) is 9.49 Å². The summed E-state index contributed by atoms with van der Waals surface area (Å²) in [7, 11) is 0. The highest BCUT2D eigenvalue weighted by atomic mass is 32.1. The average molecular weight is 117 g/mol. The molecule has 0 atom stereocenters. The number of hydrogen-bond acceptors (Lipinski definition) is 3. The predicted octanol–water partition coefficient (Wildman–Crippen LogP) is 1.03. The highest BCUT2D eigenvalue weighted by Crippen LogP contribution is 2.08. The third-order valence-corrected chi connectivity index (χ3v) is 1.20. The zero-order valence-electron chi connectivity index (χ0n) is 6.51. The minimum Gasteiger partial charge on any atom is -0.375 e. The van der Waals surface area contributed by atoms with Crippen LogP contribution in [0.15, 0.2) is 5.38 Å². The van der Waals surface area contributed by atoms with E-state index in [0.29, 0.717) is 5.13 Å². The highest BCUT2D eigenvalue weighted by molar-refractivity contribution is 7.13. The number of nitrogen functional groups attached to an aromatic ring is 1. The molecule has 1 aromatic rings. The average Bonchev–Trinajstić information content (AvgIpc) is 2.11. The fraction of sp³-hybridized carbons (Fsp3) is 0.250. The minimum atomic E-state index is -2.12. The molecule has 1 aromatic heterocycles. The van der Waals surface area contributed by atoms with Gasteiger partial charge in [0.1, 0.15) is 0 Å². The quantitative estimate of drug-likeness (QED) is 0.551. The van der Waals surface area contributed by atoms with Crippen molar-refractivity contribution in [2.75, 3.05) is 5.73 Å². The van der Waals surface area contributed by atoms with Gasteiger partial charge in [0.25, 0.3) is 0 Å². The van der Waals surface area contributed by atoms with Gasteiger partial charge in [-0.1, -0.05) is 0 Å². The molecular weight excluding hydrogens is 108 g/mol. The van der Waals surface area contributed by atoms with Crippen molar-refractivity contribution in [3.63, 3.8) is 0 Å². The van der Waals surface area contributed by atoms with Gasteiger partial charge in [0.05, 0.1) is 5.69 Å². The van der Waals surface area contributed by atoms with E-state index in [1.165, 1.54) is 5.38 Å². The molecule has 2 N–H and O–H groups in total. The molecule has 0 spiro atoms. The summed E-state index contributed by atoms with van der Waals surface area (Å²) in [5.41, 5.74) is 5.31. The summed E-state index contributed by atoms with van der Waals surface area (Å²) >= 11 is 1.14. The fourth-order valence-corrected chi connectivity index (χ4v) is 0.724. The molecule has 1 rings (SSSR count). The molecule has 0 aromatic carbocycles. The van der Waals surface area contributed by atoms with Crippen molar-refractivity contribution in [2.24, 2.45) is 0 Å². The minimum absolute atomic E-state index is 0.0787. The van der Waals surface area contributed by atoms with Gasteiger partial charge >= 0.3 is 0 Å². The van der Waals surface area contributed by atoms with Gasteiger partial charge in [-0.05, 0) is 6.85 Å². The third kappa shape index (κ3) is 0.899. The normalized spacial score (nSPS) is 17.4. The van der Waals surface area contributed by atoms with E-state index in [9.17, 15) is 0 Å². The molecule has 0 aliphatic carbocycles. The second-order valence-electron chi connectivity index (χ2n) is 1.07. The Morgan fingerprint density at radius 1 is 2.14 bits per heavy atom. The Bertz CT molecular complexity index is 229. The van der Waals surface area contributed by atoms with Crippen molar-refractivity contribution in [3.8, 4) is 0 Å². The molecule has 0 bridgehead atoms. The van der Waals surface area contributed by atoms with Crippen LogP contribution in [0.2, 0.25) is 0 Å². The summed E-state index contributed by atoms with van der Waals surface area (Å²) in [4.78, 5) is 3.62. The van der Waals surface area contributed by atoms with Gasteiger partial charge in [-0.2, -0.15) is 0 Å². The molecule has 7 heavy (non-hydrogen) atoms. The van der Waals surface area contributed by atoms with Crippen LogP contribution in [0, 0.1) is 6.85 Å². The first-order valence-corrected chi connectivity index (χ1v) is 2.59. The first-order valence-electron chi connectivity index (χ1n) is 3.21. The van der Waals surface area contributed by atoms with Crippen molar-refractivity contribution in [2.45, 2.75) is 6.85 Å². The van der Waals surface area contributed by atoms with Crippen molar-refractivity contribution in [1.82, 2.24) is 4.98 Å². The van der Waals surface area contributed by atoms with Crippen LogP contribution in [0.1, 0.15) is 9.81 Å². The lowest BCUT2D eigenvalue weighted by Gasteiger charge is -1.72. The molecule has 2 nitrogen and oxygen atoms in total. The molecule has 38 valence electrons. The van der Waals surface area contributed by atoms with E-state index in [0.717, 1.165) is 11.3 Å². The number of aryl methyl sites for hydroxylation is 1. The van der Waals surface area contributed by atoms with Crippen LogP contribution < -0.4 is 5.73 Å². The van der Waals surface area contributed by atoms with Gasteiger partial charge in [0.2, 0.25) is 0 Å². The van der Waals surface area contributed by atoms with Gasteiger partial charge in [-0.3, -0.25) is 0 Å². The first kappa shape index (κ1) is 2.13. The van der Waals surface area contributed by atoms with Crippen LogP contribution in [0.4, 0.5) is 5.13 Å². The van der Waals surface area contributed by atoms with Crippen LogP contribution in [-0.4, -0.2) is 4.98 Å². The highest BCUT2D eigenvalue weighted by Gasteiger charge is 1.86. The van der Waals surface area contributed by atoms with E-state index >= 15 is 0 Å². The molecule has 0 fully saturated rings. The van der Waals surface area contributed by atoms with E-state index < -0.39 is 6.85 Å². The monoisotopic (exact) mass is 117 g/mol. The molecule has 0 amide bonds. The maximum absolute atomic E-state index is 6.91. The smallest absolute Gasteiger partial charge is 0.180 e. The first-order chi connectivity index (χ1) is 4.50. The summed E-state index contributed by atoms with van der Waals surface area (Å²) < 4.78 is 20.7. The number of hydrogen-bond donors (Lipinski definition) is 1. The molecule has 3 heteroatoms. The van der Waals surface area contributed by atoms with E-state index in [4.69, 9.17) is 9.85 Å². The summed E-state index contributed by atoms with van der Waals surface area (Å²) in [6, 6.07) is 0. The van der Waals surface area contributed by atoms with Crippen molar-refractivity contribution in [3.05, 3.63) is 11.1 Å². The largest absolute Gasteiger partial charge is 0.375 e. The summed E-state index contributed by atoms with van der Waals surface area (Å²) in [6.07, 6.45) is 0. The lowest BCUT2D eigenvalue weighted by molar-refractivity contribution is 1.27. The number of rotatable bonds is 0. The lowest BCUT2D eigenvalue weighted by Crippen LogP contribution is -1.80. The summed E-state index contributed by atoms with van der Waals surface area (Å²) in [6.45, 7) is -2.12. The maximum atomic E-state index is 6.91. The van der Waals surface area contributed by atoms with Crippen molar-refractivity contribution in [1.29, 1.82) is 0 Å². The van der Waals surface area contributed by atoms with Gasteiger partial charge < -0.3 is 5.73 Å². The molecule has 0 saturated heterocycles. The Balaban J connectivity index is 2.96. The molecular formula is C4H6N2S. The van der Waals surface area contributed by atoms with Crippen LogP contribution >= 0.6 is 11.3 Å². The molecule has 0 radical (unpaired) electrons. The Morgan fingerprint density at radius 3 is 3.29 bits per heavy atom. The van der Waals surface area contributed by atoms with Crippen LogP contribution in [0.3, 0.4) is 0 Å². The Labute approximate surface area is 50.2 Å². The fourth-order valence-electron chi connectivity index (χ4n) is 0.288. The second-order valence-corrected chi connectivity index (χ2v) is 1.96. The Morgan fingerprint density at radius 2 is 3.00 bits per heavy atom. The maximum Gasteiger partial charge on any atom is 0.180 e. The van der Waals surface area contributed by atoms with Crippen LogP contribution in [0.5, 0.6) is 0 Å². The number of nitrogens with zero attached hydrogens (tertiary/aromatic N) is 1. The van der Waals surface area contributed by atoms with E-state index in [2.05, 4.69) is 4.98 Å². The summed E-state index contributed by atoms with van der Waals surface area (Å²) in [5.74, 6) is 0. The zero-order chi connectivity index (χ0) is 7.78. The van der Waals surface area contributed by atoms with Gasteiger partial charge in [-0.25, -0.2) is 4.98 Å². The van der Waals surface area contributed by atoms with E-state index in [1.807, 2.05) is 0 Å². The third-order valence-electron chi connectivity index (χ3n) is 0.522. The lowest BCUT2D eigenvalue weighted by atomic mass is 10.6. The molecule has 0 aliphatic rings. The second kappa shape index (κ2) is 1.50. The molecule has 0 saturated carbocycles. The predicted molar refractivity (Wildman–Crippen MR) is 31.3 cm³/mol. The van der Waals surface area contributed by atoms with Crippen molar-refractivity contribution >= 4 is 16.5 Å². The van der Waals surface area contributed by atoms with E-state index in [1.54, 1.807) is 0 Å². The Kier molecular flexibility index (Phi) is 0.457. The van der Waals surface area contributed by atoms with Crippen molar-refractivity contribution < 1.29 is 4.11 Å². The topological polar surface area (TPSA) is 38.9 Å². The number of aromatic nitrogens is 1. The van der Waals surface area contributed by atoms with E-state index in [-0.39, 0.29) is 5.69 Å². The Hall–Kier alpha value is -0.570. The number of thiazole rings is 1. The molecule has 0 unspecified atom stereocenters.